The number of nitrogens with zero attached hydrogens (tertiary/aromatic N) is 1. The molecule has 1 aliphatic heterocycles. The van der Waals surface area contributed by atoms with Crippen molar-refractivity contribution in [3.05, 3.63) is 0 Å². The van der Waals surface area contributed by atoms with Crippen LogP contribution in [-0.4, -0.2) is 35.2 Å². The van der Waals surface area contributed by atoms with Crippen LogP contribution in [0.1, 0.15) is 44.9 Å². The second-order valence-corrected chi connectivity index (χ2v) is 4.52. The van der Waals surface area contributed by atoms with E-state index < -0.39 is 0 Å². The molecule has 0 unspecified atom stereocenters. The van der Waals surface area contributed by atoms with Gasteiger partial charge in [0.2, 0.25) is 0 Å². The van der Waals surface area contributed by atoms with Gasteiger partial charge in [0.15, 0.2) is 0 Å². The molecule has 0 aromatic carbocycles. The zero-order valence-electron chi connectivity index (χ0n) is 8.41. The van der Waals surface area contributed by atoms with Crippen molar-refractivity contribution in [1.29, 1.82) is 0 Å². The highest BCUT2D eigenvalue weighted by Gasteiger charge is 2.28. The van der Waals surface area contributed by atoms with Gasteiger partial charge in [-0.25, -0.2) is 0 Å². The van der Waals surface area contributed by atoms with E-state index in [1.165, 1.54) is 51.6 Å². The lowest BCUT2D eigenvalue weighted by Gasteiger charge is -2.30. The van der Waals surface area contributed by atoms with E-state index in [1.54, 1.807) is 0 Å². The summed E-state index contributed by atoms with van der Waals surface area (Å²) >= 11 is 0. The number of likely N-dealkylation sites (tertiary alicyclic amines) is 1. The summed E-state index contributed by atoms with van der Waals surface area (Å²) in [7, 11) is 0. The number of aliphatic hydroxyl groups is 1. The third-order valence-corrected chi connectivity index (χ3v) is 3.55. The lowest BCUT2D eigenvalue weighted by atomic mass is 10.0. The average Bonchev–Trinajstić information content (AvgIpc) is 2.56. The summed E-state index contributed by atoms with van der Waals surface area (Å²) < 4.78 is 0. The Morgan fingerprint density at radius 1 is 0.846 bits per heavy atom. The predicted octanol–water partition coefficient (Wildman–Crippen LogP) is 1.78. The Balaban J connectivity index is 1.93. The van der Waals surface area contributed by atoms with Crippen LogP contribution in [0.3, 0.4) is 0 Å². The molecule has 13 heavy (non-hydrogen) atoms. The number of rotatable bonds is 1. The van der Waals surface area contributed by atoms with Gasteiger partial charge in [0, 0.05) is 6.04 Å². The number of aliphatic hydroxyl groups excluding tert-OH is 1. The van der Waals surface area contributed by atoms with Crippen molar-refractivity contribution >= 4 is 0 Å². The van der Waals surface area contributed by atoms with Crippen LogP contribution in [0.5, 0.6) is 0 Å². The Hall–Kier alpha value is -0.0800. The van der Waals surface area contributed by atoms with Crippen LogP contribution < -0.4 is 0 Å². The molecule has 0 amide bonds. The minimum absolute atomic E-state index is 0.0411. The van der Waals surface area contributed by atoms with Crippen molar-refractivity contribution in [2.24, 2.45) is 0 Å². The van der Waals surface area contributed by atoms with Crippen molar-refractivity contribution in [3.63, 3.8) is 0 Å². The van der Waals surface area contributed by atoms with Gasteiger partial charge >= 0.3 is 0 Å². The van der Waals surface area contributed by atoms with Gasteiger partial charge in [-0.2, -0.15) is 0 Å². The van der Waals surface area contributed by atoms with E-state index in [-0.39, 0.29) is 6.10 Å². The van der Waals surface area contributed by atoms with Gasteiger partial charge in [-0.1, -0.05) is 19.3 Å². The van der Waals surface area contributed by atoms with Crippen LogP contribution in [0.2, 0.25) is 0 Å². The molecule has 2 aliphatic rings. The maximum atomic E-state index is 9.97. The summed E-state index contributed by atoms with van der Waals surface area (Å²) in [4.78, 5) is 2.51. The fourth-order valence-electron chi connectivity index (χ4n) is 2.77. The van der Waals surface area contributed by atoms with E-state index in [0.29, 0.717) is 6.04 Å². The van der Waals surface area contributed by atoms with Crippen molar-refractivity contribution < 1.29 is 5.11 Å². The van der Waals surface area contributed by atoms with Crippen LogP contribution in [0.25, 0.3) is 0 Å². The summed E-state index contributed by atoms with van der Waals surface area (Å²) in [5, 5.41) is 9.97. The molecule has 2 heteroatoms. The smallest absolute Gasteiger partial charge is 0.0695 e. The normalized spacial score (nSPS) is 37.6. The van der Waals surface area contributed by atoms with Gasteiger partial charge in [0.25, 0.3) is 0 Å². The fraction of sp³-hybridized carbons (Fsp3) is 1.00. The number of hydrogen-bond donors (Lipinski definition) is 1. The van der Waals surface area contributed by atoms with Crippen molar-refractivity contribution in [2.75, 3.05) is 13.1 Å². The van der Waals surface area contributed by atoms with E-state index in [9.17, 15) is 5.11 Å². The summed E-state index contributed by atoms with van der Waals surface area (Å²) in [5.74, 6) is 0. The van der Waals surface area contributed by atoms with Gasteiger partial charge < -0.3 is 5.11 Å². The van der Waals surface area contributed by atoms with Gasteiger partial charge in [-0.15, -0.1) is 0 Å². The molecule has 1 heterocycles. The minimum atomic E-state index is -0.0411. The van der Waals surface area contributed by atoms with Gasteiger partial charge in [-0.05, 0) is 38.8 Å². The van der Waals surface area contributed by atoms with E-state index in [0.717, 1.165) is 6.42 Å². The third kappa shape index (κ3) is 2.23. The monoisotopic (exact) mass is 183 g/mol. The molecule has 0 aromatic rings. The molecule has 1 aliphatic carbocycles. The lowest BCUT2D eigenvalue weighted by molar-refractivity contribution is 0.0570. The van der Waals surface area contributed by atoms with Crippen molar-refractivity contribution in [1.82, 2.24) is 4.90 Å². The molecule has 0 spiro atoms. The molecule has 1 saturated heterocycles. The second-order valence-electron chi connectivity index (χ2n) is 4.52. The van der Waals surface area contributed by atoms with E-state index >= 15 is 0 Å². The quantitative estimate of drug-likeness (QED) is 0.626. The Morgan fingerprint density at radius 2 is 1.54 bits per heavy atom. The Bertz CT molecular complexity index is 154. The van der Waals surface area contributed by atoms with E-state index in [1.807, 2.05) is 0 Å². The number of hydrogen-bond acceptors (Lipinski definition) is 2. The molecule has 2 atom stereocenters. The lowest BCUT2D eigenvalue weighted by Crippen LogP contribution is -2.41. The Labute approximate surface area is 80.9 Å². The van der Waals surface area contributed by atoms with Crippen molar-refractivity contribution in [2.45, 2.75) is 57.1 Å². The topological polar surface area (TPSA) is 23.5 Å². The molecular weight excluding hydrogens is 162 g/mol. The molecule has 1 N–H and O–H groups in total. The fourth-order valence-corrected chi connectivity index (χ4v) is 2.77. The first-order valence-corrected chi connectivity index (χ1v) is 5.80. The molecular formula is C11H21NO. The van der Waals surface area contributed by atoms with E-state index in [4.69, 9.17) is 0 Å². The Morgan fingerprint density at radius 3 is 2.31 bits per heavy atom. The maximum absolute atomic E-state index is 9.97. The Kier molecular flexibility index (Phi) is 3.23. The van der Waals surface area contributed by atoms with Gasteiger partial charge in [0.1, 0.15) is 0 Å². The first kappa shape index (κ1) is 9.47. The van der Waals surface area contributed by atoms with Gasteiger partial charge in [0.05, 0.1) is 6.10 Å². The van der Waals surface area contributed by atoms with Crippen LogP contribution in [0, 0.1) is 0 Å². The standard InChI is InChI=1S/C11H21NO/c13-11-7-3-1-2-6-10(11)12-8-4-5-9-12/h10-11,13H,1-9H2/t10-,11-/m0/s1. The van der Waals surface area contributed by atoms with Crippen LogP contribution in [-0.2, 0) is 0 Å². The van der Waals surface area contributed by atoms with Crippen molar-refractivity contribution in [3.8, 4) is 0 Å². The summed E-state index contributed by atoms with van der Waals surface area (Å²) in [6.07, 6.45) is 8.75. The SMILES string of the molecule is O[C@H]1CCCCC[C@@H]1N1CCCC1. The second kappa shape index (κ2) is 4.43. The van der Waals surface area contributed by atoms with Crippen LogP contribution in [0.15, 0.2) is 0 Å². The summed E-state index contributed by atoms with van der Waals surface area (Å²) in [6, 6.07) is 0.491. The summed E-state index contributed by atoms with van der Waals surface area (Å²) in [5.41, 5.74) is 0. The predicted molar refractivity (Wildman–Crippen MR) is 53.7 cm³/mol. The third-order valence-electron chi connectivity index (χ3n) is 3.55. The largest absolute Gasteiger partial charge is 0.391 e. The molecule has 1 saturated carbocycles. The molecule has 2 nitrogen and oxygen atoms in total. The maximum Gasteiger partial charge on any atom is 0.0695 e. The molecule has 0 bridgehead atoms. The molecule has 76 valence electrons. The molecule has 2 rings (SSSR count). The van der Waals surface area contributed by atoms with E-state index in [2.05, 4.69) is 4.90 Å². The molecule has 0 radical (unpaired) electrons. The van der Waals surface area contributed by atoms with Crippen LogP contribution >= 0.6 is 0 Å². The minimum Gasteiger partial charge on any atom is -0.391 e. The highest BCUT2D eigenvalue weighted by Crippen LogP contribution is 2.25. The van der Waals surface area contributed by atoms with Gasteiger partial charge in [-0.3, -0.25) is 4.90 Å². The highest BCUT2D eigenvalue weighted by atomic mass is 16.3. The summed E-state index contributed by atoms with van der Waals surface area (Å²) in [6.45, 7) is 2.45. The average molecular weight is 183 g/mol. The van der Waals surface area contributed by atoms with Crippen LogP contribution in [0.4, 0.5) is 0 Å². The molecule has 0 aromatic heterocycles. The first-order chi connectivity index (χ1) is 6.38. The zero-order valence-corrected chi connectivity index (χ0v) is 8.41. The highest BCUT2D eigenvalue weighted by molar-refractivity contribution is 4.83. The first-order valence-electron chi connectivity index (χ1n) is 5.80. The zero-order chi connectivity index (χ0) is 9.10. The molecule has 2 fully saturated rings.